The van der Waals surface area contributed by atoms with Crippen LogP contribution in [0.2, 0.25) is 0 Å². The number of carbonyl (C=O) groups excluding carboxylic acids is 1. The average molecular weight is 393 g/mol. The predicted molar refractivity (Wildman–Crippen MR) is 97.8 cm³/mol. The SMILES string of the molecule is CC(CS(=O)(=O)c1ccc(F)cc1)C(=O)N1CCC(N)C(C)(C)C1.Cl. The minimum Gasteiger partial charge on any atom is -0.342 e. The summed E-state index contributed by atoms with van der Waals surface area (Å²) < 4.78 is 37.8. The van der Waals surface area contributed by atoms with Crippen molar-refractivity contribution in [1.29, 1.82) is 0 Å². The highest BCUT2D eigenvalue weighted by molar-refractivity contribution is 7.91. The van der Waals surface area contributed by atoms with Gasteiger partial charge in [-0.15, -0.1) is 12.4 Å². The molecule has 2 atom stereocenters. The summed E-state index contributed by atoms with van der Waals surface area (Å²) in [6, 6.07) is 4.69. The first-order valence-corrected chi connectivity index (χ1v) is 9.71. The van der Waals surface area contributed by atoms with E-state index in [9.17, 15) is 17.6 Å². The van der Waals surface area contributed by atoms with Crippen LogP contribution in [0.3, 0.4) is 0 Å². The first-order valence-electron chi connectivity index (χ1n) is 8.05. The van der Waals surface area contributed by atoms with Crippen LogP contribution in [0.1, 0.15) is 27.2 Å². The number of benzene rings is 1. The van der Waals surface area contributed by atoms with Gasteiger partial charge in [0.1, 0.15) is 5.82 Å². The number of hydrogen-bond acceptors (Lipinski definition) is 4. The van der Waals surface area contributed by atoms with Crippen LogP contribution in [0.15, 0.2) is 29.2 Å². The molecule has 0 saturated carbocycles. The summed E-state index contributed by atoms with van der Waals surface area (Å²) in [5, 5.41) is 0. The van der Waals surface area contributed by atoms with Crippen LogP contribution in [-0.2, 0) is 14.6 Å². The van der Waals surface area contributed by atoms with Gasteiger partial charge in [0.05, 0.1) is 10.6 Å². The summed E-state index contributed by atoms with van der Waals surface area (Å²) in [7, 11) is -3.64. The van der Waals surface area contributed by atoms with Gasteiger partial charge < -0.3 is 10.6 Å². The van der Waals surface area contributed by atoms with Crippen molar-refractivity contribution in [3.63, 3.8) is 0 Å². The van der Waals surface area contributed by atoms with Gasteiger partial charge in [0.2, 0.25) is 5.91 Å². The number of nitrogens with two attached hydrogens (primary N) is 1. The van der Waals surface area contributed by atoms with Crippen molar-refractivity contribution >= 4 is 28.2 Å². The third-order valence-corrected chi connectivity index (χ3v) is 6.62. The summed E-state index contributed by atoms with van der Waals surface area (Å²) in [5.41, 5.74) is 5.89. The fraction of sp³-hybridized carbons (Fsp3) is 0.588. The number of likely N-dealkylation sites (tertiary alicyclic amines) is 1. The van der Waals surface area contributed by atoms with Gasteiger partial charge in [-0.3, -0.25) is 4.79 Å². The maximum atomic E-state index is 12.9. The lowest BCUT2D eigenvalue weighted by Crippen LogP contribution is -2.55. The maximum Gasteiger partial charge on any atom is 0.226 e. The Balaban J connectivity index is 0.00000312. The zero-order valence-corrected chi connectivity index (χ0v) is 16.4. The number of rotatable bonds is 4. The summed E-state index contributed by atoms with van der Waals surface area (Å²) >= 11 is 0. The highest BCUT2D eigenvalue weighted by Crippen LogP contribution is 2.29. The Labute approximate surface area is 155 Å². The molecule has 5 nitrogen and oxygen atoms in total. The number of halogens is 2. The van der Waals surface area contributed by atoms with Crippen molar-refractivity contribution in [1.82, 2.24) is 4.90 Å². The zero-order valence-electron chi connectivity index (χ0n) is 14.7. The molecule has 1 aliphatic rings. The molecular formula is C17H26ClFN2O3S. The van der Waals surface area contributed by atoms with Crippen LogP contribution in [0.4, 0.5) is 4.39 Å². The normalized spacial score (nSPS) is 21.3. The second-order valence-corrected chi connectivity index (χ2v) is 9.31. The van der Waals surface area contributed by atoms with Crippen molar-refractivity contribution in [2.75, 3.05) is 18.8 Å². The highest BCUT2D eigenvalue weighted by Gasteiger charge is 2.37. The average Bonchev–Trinajstić information content (AvgIpc) is 2.49. The monoisotopic (exact) mass is 392 g/mol. The second-order valence-electron chi connectivity index (χ2n) is 7.28. The standard InChI is InChI=1S/C17H25FN2O3S.ClH/c1-12(10-24(22,23)14-6-4-13(18)5-7-14)16(21)20-9-8-15(19)17(2,3)11-20;/h4-7,12,15H,8-11,19H2,1-3H3;1H. The minimum absolute atomic E-state index is 0. The van der Waals surface area contributed by atoms with E-state index in [-0.39, 0.29) is 40.4 Å². The molecule has 2 unspecified atom stereocenters. The molecule has 2 rings (SSSR count). The molecule has 1 heterocycles. The molecule has 2 N–H and O–H groups in total. The molecule has 1 aliphatic heterocycles. The summed E-state index contributed by atoms with van der Waals surface area (Å²) in [6.07, 6.45) is 0.705. The van der Waals surface area contributed by atoms with Crippen LogP contribution in [0.25, 0.3) is 0 Å². The lowest BCUT2D eigenvalue weighted by molar-refractivity contribution is -0.137. The van der Waals surface area contributed by atoms with Gasteiger partial charge in [-0.05, 0) is 36.1 Å². The van der Waals surface area contributed by atoms with Crippen molar-refractivity contribution in [3.05, 3.63) is 30.1 Å². The van der Waals surface area contributed by atoms with Crippen molar-refractivity contribution in [3.8, 4) is 0 Å². The van der Waals surface area contributed by atoms with E-state index < -0.39 is 21.6 Å². The Morgan fingerprint density at radius 2 is 1.92 bits per heavy atom. The Bertz CT molecular complexity index is 707. The third-order valence-electron chi connectivity index (χ3n) is 4.69. The minimum atomic E-state index is -3.64. The molecule has 142 valence electrons. The largest absolute Gasteiger partial charge is 0.342 e. The molecule has 1 aromatic carbocycles. The van der Waals surface area contributed by atoms with Crippen molar-refractivity contribution in [2.45, 2.75) is 38.1 Å². The van der Waals surface area contributed by atoms with Gasteiger partial charge in [-0.2, -0.15) is 0 Å². The lowest BCUT2D eigenvalue weighted by Gasteiger charge is -2.43. The molecule has 0 bridgehead atoms. The molecule has 1 fully saturated rings. The van der Waals surface area contributed by atoms with Gasteiger partial charge in [0, 0.05) is 25.0 Å². The van der Waals surface area contributed by atoms with Gasteiger partial charge in [-0.25, -0.2) is 12.8 Å². The topological polar surface area (TPSA) is 80.5 Å². The van der Waals surface area contributed by atoms with Crippen molar-refractivity contribution in [2.24, 2.45) is 17.1 Å². The summed E-state index contributed by atoms with van der Waals surface area (Å²) in [5.74, 6) is -1.63. The number of nitrogens with zero attached hydrogens (tertiary/aromatic N) is 1. The molecule has 0 aliphatic carbocycles. The van der Waals surface area contributed by atoms with Gasteiger partial charge in [0.15, 0.2) is 9.84 Å². The Hall–Kier alpha value is -1.18. The Morgan fingerprint density at radius 1 is 1.36 bits per heavy atom. The number of carbonyl (C=O) groups is 1. The van der Waals surface area contributed by atoms with Gasteiger partial charge in [0.25, 0.3) is 0 Å². The van der Waals surface area contributed by atoms with E-state index in [1.165, 1.54) is 12.1 Å². The predicted octanol–water partition coefficient (Wildman–Crippen LogP) is 2.24. The summed E-state index contributed by atoms with van der Waals surface area (Å²) in [4.78, 5) is 14.4. The van der Waals surface area contributed by atoms with Gasteiger partial charge in [-0.1, -0.05) is 20.8 Å². The zero-order chi connectivity index (χ0) is 18.1. The van der Waals surface area contributed by atoms with Crippen LogP contribution in [0, 0.1) is 17.2 Å². The summed E-state index contributed by atoms with van der Waals surface area (Å²) in [6.45, 7) is 6.71. The number of piperidine rings is 1. The van der Waals surface area contributed by atoms with E-state index >= 15 is 0 Å². The Kier molecular flexibility index (Phi) is 7.01. The number of hydrogen-bond donors (Lipinski definition) is 1. The molecule has 0 aromatic heterocycles. The quantitative estimate of drug-likeness (QED) is 0.797. The molecular weight excluding hydrogens is 367 g/mol. The van der Waals surface area contributed by atoms with E-state index in [2.05, 4.69) is 0 Å². The van der Waals surface area contributed by atoms with Crippen LogP contribution in [-0.4, -0.2) is 44.1 Å². The molecule has 25 heavy (non-hydrogen) atoms. The van der Waals surface area contributed by atoms with E-state index in [0.717, 1.165) is 12.1 Å². The van der Waals surface area contributed by atoms with Crippen molar-refractivity contribution < 1.29 is 17.6 Å². The molecule has 0 spiro atoms. The van der Waals surface area contributed by atoms with E-state index in [0.29, 0.717) is 19.5 Å². The fourth-order valence-corrected chi connectivity index (χ4v) is 4.56. The van der Waals surface area contributed by atoms with Gasteiger partial charge >= 0.3 is 0 Å². The number of amides is 1. The van der Waals surface area contributed by atoms with Crippen LogP contribution < -0.4 is 5.73 Å². The van der Waals surface area contributed by atoms with Crippen LogP contribution in [0.5, 0.6) is 0 Å². The molecule has 1 aromatic rings. The molecule has 0 radical (unpaired) electrons. The molecule has 8 heteroatoms. The molecule has 1 amide bonds. The second kappa shape index (κ2) is 8.01. The smallest absolute Gasteiger partial charge is 0.226 e. The first-order chi connectivity index (χ1) is 11.0. The van der Waals surface area contributed by atoms with E-state index in [4.69, 9.17) is 5.73 Å². The number of sulfone groups is 1. The lowest BCUT2D eigenvalue weighted by atomic mass is 9.79. The van der Waals surface area contributed by atoms with E-state index in [1.54, 1.807) is 11.8 Å². The highest BCUT2D eigenvalue weighted by atomic mass is 35.5. The van der Waals surface area contributed by atoms with E-state index in [1.807, 2.05) is 13.8 Å². The molecule has 1 saturated heterocycles. The van der Waals surface area contributed by atoms with Crippen LogP contribution >= 0.6 is 12.4 Å². The first kappa shape index (κ1) is 21.9. The maximum absolute atomic E-state index is 12.9. The fourth-order valence-electron chi connectivity index (χ4n) is 3.01. The third kappa shape index (κ3) is 5.15. The Morgan fingerprint density at radius 3 is 2.44 bits per heavy atom.